The molecule has 4 amide bonds. The number of carbonyl (C=O) groups excluding carboxylic acids is 2. The fraction of sp³-hybridized carbons (Fsp3) is 0.581. The number of urea groups is 2. The Bertz CT molecular complexity index is 3040. The zero-order valence-electron chi connectivity index (χ0n) is 51.6. The summed E-state index contributed by atoms with van der Waals surface area (Å²) in [5.74, 6) is 1.02. The van der Waals surface area contributed by atoms with Crippen LogP contribution in [0, 0.1) is 0 Å². The molecule has 2 fully saturated rings. The number of nitrogens with one attached hydrogen (secondary N) is 6. The molecule has 28 heteroatoms. The summed E-state index contributed by atoms with van der Waals surface area (Å²) in [5.41, 5.74) is 14.6. The molecule has 2 saturated heterocycles. The number of sulfonamides is 2. The molecule has 498 valence electrons. The zero-order valence-corrected chi connectivity index (χ0v) is 56.3. The molecule has 0 aromatic heterocycles. The minimum atomic E-state index is -3.92. The minimum absolute atomic E-state index is 0.00489. The lowest BCUT2D eigenvalue weighted by Crippen LogP contribution is -2.49. The SMILES string of the molecule is CC(C)(COCCOCCNC(=O)NCCCCNC(=O)NCCOCCOCC(C)(C)NS(=O)(=O)c1ccc(O[C@H]2c3cc(Cl)cc(Cl)c3C[C@@H]2N2CCC[C@@H](N)C2)cc1)NS(=O)(=O)c1ccc(O[C@H]2c3cc(Cl)cc(Cl)c3C[C@@H]2N2CCC[C@@H](N)C2)cc1. The van der Waals surface area contributed by atoms with Crippen molar-refractivity contribution in [1.29, 1.82) is 0 Å². The van der Waals surface area contributed by atoms with Gasteiger partial charge < -0.3 is 61.2 Å². The van der Waals surface area contributed by atoms with Gasteiger partial charge in [0.05, 0.1) is 85.8 Å². The number of fused-ring (bicyclic) bond motifs is 2. The predicted molar refractivity (Wildman–Crippen MR) is 349 cm³/mol. The van der Waals surface area contributed by atoms with Crippen molar-refractivity contribution < 1.29 is 54.8 Å². The molecule has 0 saturated carbocycles. The highest BCUT2D eigenvalue weighted by molar-refractivity contribution is 7.89. The summed E-state index contributed by atoms with van der Waals surface area (Å²) in [6.45, 7) is 13.1. The van der Waals surface area contributed by atoms with Crippen molar-refractivity contribution in [3.05, 3.63) is 115 Å². The van der Waals surface area contributed by atoms with E-state index in [4.69, 9.17) is 86.3 Å². The van der Waals surface area contributed by atoms with Gasteiger partial charge in [-0.25, -0.2) is 35.9 Å². The number of nitrogens with two attached hydrogens (primary N) is 2. The first-order valence-corrected chi connectivity index (χ1v) is 35.2. The fourth-order valence-corrected chi connectivity index (χ4v) is 15.7. The maximum absolute atomic E-state index is 13.5. The first-order valence-electron chi connectivity index (χ1n) is 30.8. The number of halogens is 4. The van der Waals surface area contributed by atoms with Gasteiger partial charge in [-0.15, -0.1) is 0 Å². The van der Waals surface area contributed by atoms with Crippen LogP contribution in [0.1, 0.15) is 101 Å². The number of likely N-dealkylation sites (tertiary alicyclic amines) is 2. The molecule has 8 rings (SSSR count). The van der Waals surface area contributed by atoms with E-state index in [1.54, 1.807) is 64.1 Å². The van der Waals surface area contributed by atoms with Gasteiger partial charge in [-0.2, -0.15) is 0 Å². The molecule has 2 aliphatic heterocycles. The summed E-state index contributed by atoms with van der Waals surface area (Å²) < 4.78 is 95.2. The third kappa shape index (κ3) is 21.1. The van der Waals surface area contributed by atoms with Crippen LogP contribution in [0.3, 0.4) is 0 Å². The van der Waals surface area contributed by atoms with E-state index < -0.39 is 31.1 Å². The number of nitrogens with zero attached hydrogens (tertiary/aromatic N) is 2. The number of piperidine rings is 2. The van der Waals surface area contributed by atoms with Crippen LogP contribution < -0.4 is 51.7 Å². The molecular weight excluding hydrogens is 1280 g/mol. The number of ether oxygens (including phenoxy) is 6. The summed E-state index contributed by atoms with van der Waals surface area (Å²) in [4.78, 5) is 29.4. The lowest BCUT2D eigenvalue weighted by molar-refractivity contribution is 0.0313. The first kappa shape index (κ1) is 71.5. The van der Waals surface area contributed by atoms with Gasteiger partial charge >= 0.3 is 12.1 Å². The van der Waals surface area contributed by atoms with Crippen LogP contribution in [0.2, 0.25) is 20.1 Å². The number of hydrogen-bond donors (Lipinski definition) is 8. The number of benzene rings is 4. The van der Waals surface area contributed by atoms with Gasteiger partial charge in [0.15, 0.2) is 0 Å². The van der Waals surface area contributed by atoms with E-state index in [-0.39, 0.29) is 124 Å². The Morgan fingerprint density at radius 1 is 0.533 bits per heavy atom. The van der Waals surface area contributed by atoms with Crippen molar-refractivity contribution in [2.45, 2.75) is 136 Å². The molecule has 10 N–H and O–H groups in total. The Morgan fingerprint density at radius 3 is 1.28 bits per heavy atom. The highest BCUT2D eigenvalue weighted by Crippen LogP contribution is 2.45. The smallest absolute Gasteiger partial charge is 0.314 e. The van der Waals surface area contributed by atoms with E-state index in [1.807, 2.05) is 12.1 Å². The normalized spacial score (nSPS) is 20.7. The van der Waals surface area contributed by atoms with Gasteiger partial charge in [0.2, 0.25) is 20.0 Å². The second kappa shape index (κ2) is 33.2. The number of rotatable bonds is 33. The average Bonchev–Trinajstić information content (AvgIpc) is 1.67. The highest BCUT2D eigenvalue weighted by Gasteiger charge is 2.43. The van der Waals surface area contributed by atoms with Crippen molar-refractivity contribution >= 4 is 78.5 Å². The van der Waals surface area contributed by atoms with Crippen molar-refractivity contribution in [3.8, 4) is 11.5 Å². The van der Waals surface area contributed by atoms with Gasteiger partial charge in [-0.05, 0) is 176 Å². The molecular formula is C62H88Cl4N10O12S2. The van der Waals surface area contributed by atoms with Crippen LogP contribution in [0.15, 0.2) is 82.6 Å². The van der Waals surface area contributed by atoms with E-state index in [1.165, 1.54) is 24.3 Å². The fourth-order valence-electron chi connectivity index (χ4n) is 11.8. The molecule has 0 spiro atoms. The molecule has 0 radical (unpaired) electrons. The summed E-state index contributed by atoms with van der Waals surface area (Å²) in [5, 5.41) is 13.2. The Hall–Kier alpha value is -4.32. The lowest BCUT2D eigenvalue weighted by Gasteiger charge is -2.38. The van der Waals surface area contributed by atoms with Crippen molar-refractivity contribution in [1.82, 2.24) is 40.5 Å². The molecule has 90 heavy (non-hydrogen) atoms. The maximum Gasteiger partial charge on any atom is 0.314 e. The Labute approximate surface area is 550 Å². The molecule has 4 aromatic carbocycles. The summed E-state index contributed by atoms with van der Waals surface area (Å²) in [6.07, 6.45) is 5.84. The standard InChI is InChI=1S/C62H88Cl4N10O12S2/c1-61(2,73-89(79,80)47-15-11-45(12-16-47)87-57-51-31-41(63)33-53(65)49(51)35-55(57)75-23-7-9-43(67)37-75)39-85-29-27-83-25-21-71-59(77)69-19-5-6-20-70-60(78)72-22-26-84-28-30-86-40-62(3,4)74-90(81,82)48-17-13-46(14-18-48)88-58-52-32-42(64)34-54(66)50(52)36-56(58)76-24-8-10-44(68)38-76/h11-18,31-34,43-44,55-58,73-74H,5-10,19-30,35-40,67-68H2,1-4H3,(H2,69,71,77)(H2,70,72,78)/t43-,44-,55+,56+,57+,58+/m1/s1. The quantitative estimate of drug-likeness (QED) is 0.0214. The Balaban J connectivity index is 0.608. The van der Waals surface area contributed by atoms with Crippen LogP contribution in [-0.4, -0.2) is 179 Å². The van der Waals surface area contributed by atoms with Gasteiger partial charge in [0, 0.05) is 82.6 Å². The maximum atomic E-state index is 13.5. The van der Waals surface area contributed by atoms with Gasteiger partial charge in [0.1, 0.15) is 23.7 Å². The third-order valence-corrected chi connectivity index (χ3v) is 20.5. The zero-order chi connectivity index (χ0) is 64.6. The molecule has 6 atom stereocenters. The second-order valence-corrected chi connectivity index (χ2v) is 29.7. The van der Waals surface area contributed by atoms with Crippen molar-refractivity contribution in [2.75, 3.05) is 105 Å². The van der Waals surface area contributed by atoms with Crippen LogP contribution in [0.25, 0.3) is 0 Å². The summed E-state index contributed by atoms with van der Waals surface area (Å²) in [6, 6.07) is 19.4. The van der Waals surface area contributed by atoms with Gasteiger partial charge in [-0.1, -0.05) is 46.4 Å². The van der Waals surface area contributed by atoms with Crippen molar-refractivity contribution in [2.24, 2.45) is 11.5 Å². The Morgan fingerprint density at radius 2 is 0.900 bits per heavy atom. The minimum Gasteiger partial charge on any atom is -0.484 e. The topological polar surface area (TPSA) is 288 Å². The van der Waals surface area contributed by atoms with Crippen LogP contribution in [0.5, 0.6) is 11.5 Å². The largest absolute Gasteiger partial charge is 0.484 e. The van der Waals surface area contributed by atoms with Crippen LogP contribution in [0.4, 0.5) is 9.59 Å². The molecule has 4 aliphatic rings. The number of hydrogen-bond acceptors (Lipinski definition) is 16. The number of unbranched alkanes of at least 4 members (excludes halogenated alkanes) is 1. The summed E-state index contributed by atoms with van der Waals surface area (Å²) in [7, 11) is -7.85. The molecule has 0 bridgehead atoms. The Kier molecular flexibility index (Phi) is 26.4. The highest BCUT2D eigenvalue weighted by atomic mass is 35.5. The monoisotopic (exact) mass is 1370 g/mol. The third-order valence-electron chi connectivity index (χ3n) is 16.0. The van der Waals surface area contributed by atoms with E-state index >= 15 is 0 Å². The van der Waals surface area contributed by atoms with E-state index in [2.05, 4.69) is 40.5 Å². The van der Waals surface area contributed by atoms with E-state index in [0.29, 0.717) is 70.4 Å². The first-order chi connectivity index (χ1) is 42.8. The predicted octanol–water partition coefficient (Wildman–Crippen LogP) is 7.50. The van der Waals surface area contributed by atoms with E-state index in [9.17, 15) is 26.4 Å². The molecule has 4 aromatic rings. The number of carbonyl (C=O) groups is 2. The second-order valence-electron chi connectivity index (χ2n) is 24.6. The molecule has 2 heterocycles. The molecule has 2 aliphatic carbocycles. The van der Waals surface area contributed by atoms with Crippen LogP contribution in [-0.2, 0) is 51.8 Å². The van der Waals surface area contributed by atoms with Gasteiger partial charge in [0.25, 0.3) is 0 Å². The average molecular weight is 1370 g/mol. The van der Waals surface area contributed by atoms with Gasteiger partial charge in [-0.3, -0.25) is 9.80 Å². The number of amides is 4. The van der Waals surface area contributed by atoms with E-state index in [0.717, 1.165) is 74.1 Å². The van der Waals surface area contributed by atoms with Crippen molar-refractivity contribution in [3.63, 3.8) is 0 Å². The lowest BCUT2D eigenvalue weighted by atomic mass is 10.0. The van der Waals surface area contributed by atoms with Crippen LogP contribution >= 0.6 is 46.4 Å². The summed E-state index contributed by atoms with van der Waals surface area (Å²) >= 11 is 26.2. The molecule has 0 unspecified atom stereocenters. The molecule has 22 nitrogen and oxygen atoms in total.